The van der Waals surface area contributed by atoms with Gasteiger partial charge in [0.05, 0.1) is 5.56 Å². The smallest absolute Gasteiger partial charge is 0.363 e. The minimum Gasteiger partial charge on any atom is -0.363 e. The van der Waals surface area contributed by atoms with Crippen LogP contribution in [0.3, 0.4) is 0 Å². The first-order chi connectivity index (χ1) is 11.2. The molecule has 3 rings (SSSR count). The summed E-state index contributed by atoms with van der Waals surface area (Å²) in [6.07, 6.45) is -4.40. The number of hydrogen-bond acceptors (Lipinski definition) is 5. The fourth-order valence-corrected chi connectivity index (χ4v) is 2.07. The highest BCUT2D eigenvalue weighted by atomic mass is 19.4. The fourth-order valence-electron chi connectivity index (χ4n) is 2.07. The van der Waals surface area contributed by atoms with Crippen molar-refractivity contribution in [2.45, 2.75) is 13.1 Å². The number of aryl methyl sites for hydroxylation is 1. The summed E-state index contributed by atoms with van der Waals surface area (Å²) in [4.78, 5) is 19.2. The Hall–Kier alpha value is -3.17. The highest BCUT2D eigenvalue weighted by Gasteiger charge is 2.29. The number of alkyl halides is 3. The van der Waals surface area contributed by atoms with E-state index in [1.165, 1.54) is 16.6 Å². The van der Waals surface area contributed by atoms with Crippen molar-refractivity contribution in [2.75, 3.05) is 5.32 Å². The van der Waals surface area contributed by atoms with Crippen molar-refractivity contribution >= 4 is 23.2 Å². The molecule has 0 radical (unpaired) electrons. The third-order valence-electron chi connectivity index (χ3n) is 3.15. The lowest BCUT2D eigenvalue weighted by Gasteiger charge is -2.10. The van der Waals surface area contributed by atoms with Gasteiger partial charge in [-0.2, -0.15) is 22.7 Å². The minimum atomic E-state index is -4.40. The zero-order valence-electron chi connectivity index (χ0n) is 12.3. The highest BCUT2D eigenvalue weighted by Crippen LogP contribution is 2.30. The molecule has 0 aliphatic rings. The monoisotopic (exact) mass is 336 g/mol. The van der Waals surface area contributed by atoms with Gasteiger partial charge in [-0.25, -0.2) is 4.98 Å². The molecule has 10 heteroatoms. The SMILES string of the molecule is Cc1cc(Nc2ccc(C(F)(F)F)cc2)n2nc(C(N)=O)nc2n1. The molecule has 0 atom stereocenters. The van der Waals surface area contributed by atoms with E-state index in [0.29, 0.717) is 17.2 Å². The first-order valence-corrected chi connectivity index (χ1v) is 6.72. The number of aromatic nitrogens is 4. The molecule has 3 N–H and O–H groups in total. The predicted molar refractivity (Wildman–Crippen MR) is 78.8 cm³/mol. The maximum absolute atomic E-state index is 12.6. The Labute approximate surface area is 133 Å². The number of halogens is 3. The van der Waals surface area contributed by atoms with Gasteiger partial charge >= 0.3 is 6.18 Å². The van der Waals surface area contributed by atoms with Crippen LogP contribution in [0.2, 0.25) is 0 Å². The molecule has 7 nitrogen and oxygen atoms in total. The standard InChI is InChI=1S/C14H11F3N6O/c1-7-6-10(23-13(19-7)21-12(22-23)11(18)24)20-9-4-2-8(3-5-9)14(15,16)17/h2-6,20H,1H3,(H2,18,24). The number of nitrogens with zero attached hydrogens (tertiary/aromatic N) is 4. The lowest BCUT2D eigenvalue weighted by atomic mass is 10.2. The number of primary amides is 1. The molecule has 1 aromatic carbocycles. The molecule has 0 bridgehead atoms. The zero-order valence-corrected chi connectivity index (χ0v) is 12.3. The summed E-state index contributed by atoms with van der Waals surface area (Å²) in [5.74, 6) is -0.474. The van der Waals surface area contributed by atoms with E-state index in [4.69, 9.17) is 5.73 Å². The van der Waals surface area contributed by atoms with Crippen molar-refractivity contribution in [2.24, 2.45) is 5.73 Å². The summed E-state index contributed by atoms with van der Waals surface area (Å²) in [6, 6.07) is 6.12. The van der Waals surface area contributed by atoms with Crippen LogP contribution in [0.1, 0.15) is 21.9 Å². The summed E-state index contributed by atoms with van der Waals surface area (Å²) in [6.45, 7) is 1.70. The summed E-state index contributed by atoms with van der Waals surface area (Å²) >= 11 is 0. The Morgan fingerprint density at radius 1 is 1.21 bits per heavy atom. The van der Waals surface area contributed by atoms with Crippen LogP contribution < -0.4 is 11.1 Å². The van der Waals surface area contributed by atoms with Crippen LogP contribution in [0.5, 0.6) is 0 Å². The molecule has 0 fully saturated rings. The molecule has 0 saturated carbocycles. The van der Waals surface area contributed by atoms with E-state index in [1.54, 1.807) is 13.0 Å². The number of benzene rings is 1. The van der Waals surface area contributed by atoms with Gasteiger partial charge in [0.15, 0.2) is 0 Å². The third kappa shape index (κ3) is 2.98. The van der Waals surface area contributed by atoms with Crippen molar-refractivity contribution in [1.29, 1.82) is 0 Å². The number of hydrogen-bond donors (Lipinski definition) is 2. The number of carbonyl (C=O) groups is 1. The lowest BCUT2D eigenvalue weighted by molar-refractivity contribution is -0.137. The second kappa shape index (κ2) is 5.48. The van der Waals surface area contributed by atoms with Crippen LogP contribution in [0, 0.1) is 6.92 Å². The van der Waals surface area contributed by atoms with Gasteiger partial charge in [0.1, 0.15) is 5.82 Å². The second-order valence-corrected chi connectivity index (χ2v) is 4.99. The number of anilines is 2. The van der Waals surface area contributed by atoms with E-state index >= 15 is 0 Å². The van der Waals surface area contributed by atoms with Crippen molar-refractivity contribution < 1.29 is 18.0 Å². The summed E-state index contributed by atoms with van der Waals surface area (Å²) in [5, 5.41) is 6.85. The molecular formula is C14H11F3N6O. The number of amides is 1. The third-order valence-corrected chi connectivity index (χ3v) is 3.15. The van der Waals surface area contributed by atoms with Gasteiger partial charge in [-0.15, -0.1) is 5.10 Å². The van der Waals surface area contributed by atoms with E-state index in [1.807, 2.05) is 0 Å². The molecular weight excluding hydrogens is 325 g/mol. The normalized spacial score (nSPS) is 11.7. The lowest BCUT2D eigenvalue weighted by Crippen LogP contribution is -2.13. The van der Waals surface area contributed by atoms with E-state index in [2.05, 4.69) is 20.4 Å². The topological polar surface area (TPSA) is 98.2 Å². The van der Waals surface area contributed by atoms with Gasteiger partial charge in [-0.05, 0) is 31.2 Å². The van der Waals surface area contributed by atoms with Crippen molar-refractivity contribution in [3.8, 4) is 0 Å². The average molecular weight is 336 g/mol. The molecule has 0 aliphatic heterocycles. The summed E-state index contributed by atoms with van der Waals surface area (Å²) in [7, 11) is 0. The van der Waals surface area contributed by atoms with Crippen LogP contribution in [-0.2, 0) is 6.18 Å². The van der Waals surface area contributed by atoms with Crippen LogP contribution in [0.4, 0.5) is 24.7 Å². The van der Waals surface area contributed by atoms with Crippen LogP contribution in [-0.4, -0.2) is 25.5 Å². The van der Waals surface area contributed by atoms with Crippen LogP contribution in [0.25, 0.3) is 5.78 Å². The van der Waals surface area contributed by atoms with Crippen molar-refractivity contribution in [1.82, 2.24) is 19.6 Å². The Kier molecular flexibility index (Phi) is 3.59. The zero-order chi connectivity index (χ0) is 17.5. The second-order valence-electron chi connectivity index (χ2n) is 4.99. The number of carbonyl (C=O) groups excluding carboxylic acids is 1. The predicted octanol–water partition coefficient (Wildman–Crippen LogP) is 2.29. The van der Waals surface area contributed by atoms with E-state index in [-0.39, 0.29) is 11.6 Å². The maximum Gasteiger partial charge on any atom is 0.416 e. The van der Waals surface area contributed by atoms with E-state index < -0.39 is 17.6 Å². The van der Waals surface area contributed by atoms with Gasteiger partial charge in [-0.1, -0.05) is 0 Å². The minimum absolute atomic E-state index is 0.151. The van der Waals surface area contributed by atoms with E-state index in [0.717, 1.165) is 12.1 Å². The Morgan fingerprint density at radius 3 is 2.46 bits per heavy atom. The molecule has 0 unspecified atom stereocenters. The number of nitrogens with two attached hydrogens (primary N) is 1. The molecule has 2 heterocycles. The first kappa shape index (κ1) is 15.7. The molecule has 2 aromatic heterocycles. The van der Waals surface area contributed by atoms with Gasteiger partial charge in [0.25, 0.3) is 11.7 Å². The molecule has 3 aromatic rings. The molecule has 124 valence electrons. The number of nitrogens with one attached hydrogen (secondary N) is 1. The van der Waals surface area contributed by atoms with Crippen LogP contribution in [0.15, 0.2) is 30.3 Å². The largest absolute Gasteiger partial charge is 0.416 e. The molecule has 1 amide bonds. The van der Waals surface area contributed by atoms with E-state index in [9.17, 15) is 18.0 Å². The molecule has 24 heavy (non-hydrogen) atoms. The molecule has 0 spiro atoms. The first-order valence-electron chi connectivity index (χ1n) is 6.72. The van der Waals surface area contributed by atoms with Gasteiger partial charge in [0.2, 0.25) is 5.82 Å². The number of rotatable bonds is 3. The van der Waals surface area contributed by atoms with Crippen molar-refractivity contribution in [3.05, 3.63) is 47.4 Å². The highest BCUT2D eigenvalue weighted by molar-refractivity contribution is 5.89. The number of fused-ring (bicyclic) bond motifs is 1. The quantitative estimate of drug-likeness (QED) is 0.765. The molecule has 0 saturated heterocycles. The van der Waals surface area contributed by atoms with Gasteiger partial charge < -0.3 is 11.1 Å². The Bertz CT molecular complexity index is 917. The molecule has 0 aliphatic carbocycles. The average Bonchev–Trinajstić information content (AvgIpc) is 2.91. The fraction of sp³-hybridized carbons (Fsp3) is 0.143. The Balaban J connectivity index is 1.99. The summed E-state index contributed by atoms with van der Waals surface area (Å²) in [5.41, 5.74) is 5.39. The summed E-state index contributed by atoms with van der Waals surface area (Å²) < 4.78 is 39.0. The van der Waals surface area contributed by atoms with Gasteiger partial charge in [0, 0.05) is 17.4 Å². The Morgan fingerprint density at radius 2 is 1.88 bits per heavy atom. The maximum atomic E-state index is 12.6. The van der Waals surface area contributed by atoms with Crippen LogP contribution >= 0.6 is 0 Å². The van der Waals surface area contributed by atoms with Crippen molar-refractivity contribution in [3.63, 3.8) is 0 Å². The van der Waals surface area contributed by atoms with Gasteiger partial charge in [-0.3, -0.25) is 4.79 Å².